The Bertz CT molecular complexity index is 440. The van der Waals surface area contributed by atoms with Crippen molar-refractivity contribution in [1.29, 1.82) is 0 Å². The van der Waals surface area contributed by atoms with Crippen LogP contribution in [0.3, 0.4) is 0 Å². The summed E-state index contributed by atoms with van der Waals surface area (Å²) in [4.78, 5) is 8.04. The van der Waals surface area contributed by atoms with Gasteiger partial charge in [-0.1, -0.05) is 41.4 Å². The fourth-order valence-corrected chi connectivity index (χ4v) is 1.39. The third-order valence-corrected chi connectivity index (χ3v) is 2.21. The Kier molecular flexibility index (Phi) is 2.66. The minimum atomic E-state index is 0.366. The van der Waals surface area contributed by atoms with E-state index in [0.717, 1.165) is 5.56 Å². The highest BCUT2D eigenvalue weighted by molar-refractivity contribution is 6.33. The van der Waals surface area contributed by atoms with E-state index in [1.165, 1.54) is 6.20 Å². The largest absolute Gasteiger partial charge is 0.251 e. The van der Waals surface area contributed by atoms with Gasteiger partial charge in [0.15, 0.2) is 0 Å². The average molecular weight is 224 g/mol. The molecule has 0 atom stereocenters. The molecule has 1 aromatic heterocycles. The van der Waals surface area contributed by atoms with E-state index in [2.05, 4.69) is 16.0 Å². The maximum atomic E-state index is 5.94. The summed E-state index contributed by atoms with van der Waals surface area (Å²) in [5.74, 6) is 0. The lowest BCUT2D eigenvalue weighted by Gasteiger charge is -2.01. The second kappa shape index (κ2) is 3.95. The fraction of sp³-hybridized carbons (Fsp3) is 0. The first-order valence-electron chi connectivity index (χ1n) is 3.91. The van der Waals surface area contributed by atoms with Crippen LogP contribution in [0.2, 0.25) is 10.2 Å². The molecule has 2 rings (SSSR count). The summed E-state index contributed by atoms with van der Waals surface area (Å²) < 4.78 is 0. The van der Waals surface area contributed by atoms with E-state index >= 15 is 0 Å². The molecule has 0 unspecified atom stereocenters. The molecule has 0 amide bonds. The van der Waals surface area contributed by atoms with Crippen LogP contribution in [-0.4, -0.2) is 9.97 Å². The Morgan fingerprint density at radius 2 is 2.00 bits per heavy atom. The van der Waals surface area contributed by atoms with Gasteiger partial charge in [0.2, 0.25) is 0 Å². The van der Waals surface area contributed by atoms with Crippen LogP contribution in [0.25, 0.3) is 11.3 Å². The van der Waals surface area contributed by atoms with E-state index in [1.807, 2.05) is 12.1 Å². The summed E-state index contributed by atoms with van der Waals surface area (Å²) in [6.07, 6.45) is 3.07. The second-order valence-corrected chi connectivity index (χ2v) is 3.39. The molecule has 1 aromatic carbocycles. The second-order valence-electron chi connectivity index (χ2n) is 2.62. The van der Waals surface area contributed by atoms with Crippen molar-refractivity contribution >= 4 is 23.2 Å². The molecule has 0 N–H and O–H groups in total. The van der Waals surface area contributed by atoms with Crippen LogP contribution in [0.5, 0.6) is 0 Å². The van der Waals surface area contributed by atoms with Gasteiger partial charge in [-0.15, -0.1) is 0 Å². The third kappa shape index (κ3) is 1.86. The number of hydrogen-bond acceptors (Lipinski definition) is 2. The molecule has 0 aliphatic carbocycles. The Hall–Kier alpha value is -1.12. The SMILES string of the molecule is Clc1cnc(-c2ccc[c]c2Cl)cn1. The van der Waals surface area contributed by atoms with E-state index in [9.17, 15) is 0 Å². The number of benzene rings is 1. The van der Waals surface area contributed by atoms with Crippen molar-refractivity contribution in [3.05, 3.63) is 46.8 Å². The van der Waals surface area contributed by atoms with Gasteiger partial charge in [0, 0.05) is 11.6 Å². The molecule has 69 valence electrons. The quantitative estimate of drug-likeness (QED) is 0.742. The van der Waals surface area contributed by atoms with Crippen LogP contribution in [0.4, 0.5) is 0 Å². The van der Waals surface area contributed by atoms with Gasteiger partial charge in [-0.05, 0) is 0 Å². The topological polar surface area (TPSA) is 25.8 Å². The minimum absolute atomic E-state index is 0.366. The lowest BCUT2D eigenvalue weighted by atomic mass is 10.2. The molecule has 0 bridgehead atoms. The van der Waals surface area contributed by atoms with Gasteiger partial charge >= 0.3 is 0 Å². The summed E-state index contributed by atoms with van der Waals surface area (Å²) in [7, 11) is 0. The predicted molar refractivity (Wildman–Crippen MR) is 56.3 cm³/mol. The highest BCUT2D eigenvalue weighted by Crippen LogP contribution is 2.24. The van der Waals surface area contributed by atoms with Gasteiger partial charge in [-0.25, -0.2) is 4.98 Å². The minimum Gasteiger partial charge on any atom is -0.251 e. The van der Waals surface area contributed by atoms with Crippen molar-refractivity contribution in [2.75, 3.05) is 0 Å². The van der Waals surface area contributed by atoms with Crippen LogP contribution in [0, 0.1) is 6.07 Å². The zero-order valence-electron chi connectivity index (χ0n) is 7.04. The highest BCUT2D eigenvalue weighted by atomic mass is 35.5. The molecule has 1 radical (unpaired) electrons. The first-order valence-corrected chi connectivity index (χ1v) is 4.67. The molecule has 2 nitrogen and oxygen atoms in total. The standard InChI is InChI=1S/C10H5Cl2N2/c11-8-4-2-1-3-7(8)9-5-14-10(12)6-13-9/h1-3,5-6H. The summed E-state index contributed by atoms with van der Waals surface area (Å²) in [6.45, 7) is 0. The van der Waals surface area contributed by atoms with Crippen molar-refractivity contribution in [2.24, 2.45) is 0 Å². The van der Waals surface area contributed by atoms with Crippen molar-refractivity contribution in [2.45, 2.75) is 0 Å². The van der Waals surface area contributed by atoms with Crippen molar-refractivity contribution in [3.8, 4) is 11.3 Å². The molecule has 0 saturated heterocycles. The van der Waals surface area contributed by atoms with Gasteiger partial charge in [-0.2, -0.15) is 0 Å². The predicted octanol–water partition coefficient (Wildman–Crippen LogP) is 3.25. The Morgan fingerprint density at radius 3 is 2.64 bits per heavy atom. The maximum Gasteiger partial charge on any atom is 0.147 e. The van der Waals surface area contributed by atoms with Crippen molar-refractivity contribution < 1.29 is 0 Å². The first kappa shape index (κ1) is 9.44. The molecule has 4 heteroatoms. The van der Waals surface area contributed by atoms with Crippen molar-refractivity contribution in [1.82, 2.24) is 9.97 Å². The molecule has 0 aliphatic rings. The highest BCUT2D eigenvalue weighted by Gasteiger charge is 2.03. The zero-order valence-corrected chi connectivity index (χ0v) is 8.55. The van der Waals surface area contributed by atoms with Crippen LogP contribution >= 0.6 is 23.2 Å². The molecule has 0 aliphatic heterocycles. The molecule has 2 aromatic rings. The van der Waals surface area contributed by atoms with Crippen LogP contribution in [0.15, 0.2) is 30.6 Å². The maximum absolute atomic E-state index is 5.94. The lowest BCUT2D eigenvalue weighted by molar-refractivity contribution is 1.21. The van der Waals surface area contributed by atoms with E-state index in [4.69, 9.17) is 23.2 Å². The Morgan fingerprint density at radius 1 is 1.14 bits per heavy atom. The van der Waals surface area contributed by atoms with E-state index < -0.39 is 0 Å². The first-order chi connectivity index (χ1) is 6.77. The monoisotopic (exact) mass is 223 g/mol. The van der Waals surface area contributed by atoms with Gasteiger partial charge in [0.25, 0.3) is 0 Å². The Balaban J connectivity index is 2.50. The average Bonchev–Trinajstić information content (AvgIpc) is 2.20. The number of hydrogen-bond donors (Lipinski definition) is 0. The molecule has 0 fully saturated rings. The van der Waals surface area contributed by atoms with Gasteiger partial charge in [0.1, 0.15) is 5.15 Å². The molecule has 0 spiro atoms. The summed E-state index contributed by atoms with van der Waals surface area (Å²) in [5, 5.41) is 0.897. The smallest absolute Gasteiger partial charge is 0.147 e. The van der Waals surface area contributed by atoms with Crippen LogP contribution < -0.4 is 0 Å². The number of aromatic nitrogens is 2. The van der Waals surface area contributed by atoms with Crippen molar-refractivity contribution in [3.63, 3.8) is 0 Å². The molecule has 14 heavy (non-hydrogen) atoms. The number of nitrogens with zero attached hydrogens (tertiary/aromatic N) is 2. The van der Waals surface area contributed by atoms with Crippen LogP contribution in [0.1, 0.15) is 0 Å². The summed E-state index contributed by atoms with van der Waals surface area (Å²) in [6, 6.07) is 8.33. The number of halogens is 2. The van der Waals surface area contributed by atoms with Gasteiger partial charge in [0.05, 0.1) is 23.1 Å². The molecular formula is C10H5Cl2N2. The van der Waals surface area contributed by atoms with Gasteiger partial charge < -0.3 is 0 Å². The molecular weight excluding hydrogens is 219 g/mol. The normalized spacial score (nSPS) is 10.1. The van der Waals surface area contributed by atoms with E-state index in [-0.39, 0.29) is 0 Å². The van der Waals surface area contributed by atoms with E-state index in [0.29, 0.717) is 15.9 Å². The fourth-order valence-electron chi connectivity index (χ4n) is 1.07. The Labute approximate surface area is 91.5 Å². The summed E-state index contributed by atoms with van der Waals surface area (Å²) in [5.41, 5.74) is 1.49. The lowest BCUT2D eigenvalue weighted by Crippen LogP contribution is -1.86. The van der Waals surface area contributed by atoms with E-state index in [1.54, 1.807) is 12.3 Å². The van der Waals surface area contributed by atoms with Gasteiger partial charge in [-0.3, -0.25) is 4.98 Å². The summed E-state index contributed by atoms with van der Waals surface area (Å²) >= 11 is 11.6. The van der Waals surface area contributed by atoms with Crippen LogP contribution in [-0.2, 0) is 0 Å². The zero-order chi connectivity index (χ0) is 9.97. The number of rotatable bonds is 1. The molecule has 1 heterocycles. The molecule has 0 saturated carbocycles. The third-order valence-electron chi connectivity index (χ3n) is 1.70.